The van der Waals surface area contributed by atoms with Gasteiger partial charge in [-0.05, 0) is 44.2 Å². The van der Waals surface area contributed by atoms with Gasteiger partial charge in [-0.25, -0.2) is 13.9 Å². The minimum atomic E-state index is -0.252. The van der Waals surface area contributed by atoms with E-state index in [9.17, 15) is 4.39 Å². The van der Waals surface area contributed by atoms with E-state index in [1.165, 1.54) is 12.1 Å². The van der Waals surface area contributed by atoms with Gasteiger partial charge >= 0.3 is 0 Å². The van der Waals surface area contributed by atoms with Crippen LogP contribution in [0.3, 0.4) is 0 Å². The van der Waals surface area contributed by atoms with Gasteiger partial charge in [0.15, 0.2) is 0 Å². The van der Waals surface area contributed by atoms with Crippen LogP contribution in [0.2, 0.25) is 0 Å². The molecule has 1 aliphatic rings. The number of anilines is 1. The van der Waals surface area contributed by atoms with Crippen molar-refractivity contribution in [1.29, 1.82) is 0 Å². The molecule has 1 unspecified atom stereocenters. The Hall–Kier alpha value is -2.78. The zero-order valence-electron chi connectivity index (χ0n) is 16.2. The molecule has 0 N–H and O–H groups in total. The van der Waals surface area contributed by atoms with E-state index in [2.05, 4.69) is 28.0 Å². The first-order valence-corrected chi connectivity index (χ1v) is 10.4. The molecule has 4 heterocycles. The summed E-state index contributed by atoms with van der Waals surface area (Å²) < 4.78 is 22.9. The highest BCUT2D eigenvalue weighted by molar-refractivity contribution is 7.20. The quantitative estimate of drug-likeness (QED) is 0.515. The standard InChI is InChI=1S/C20H21FN6OS/c1-13-9-14(2)26(23-13)11-17-10-25(7-8-28-17)20-24-27-12-18(22-19(27)29-20)15-3-5-16(21)6-4-15/h3-6,9,12,17H,7-8,10-11H2,1-2H3. The van der Waals surface area contributed by atoms with Crippen LogP contribution in [0.4, 0.5) is 9.52 Å². The summed E-state index contributed by atoms with van der Waals surface area (Å²) in [6, 6.07) is 8.42. The van der Waals surface area contributed by atoms with Gasteiger partial charge in [0, 0.05) is 24.3 Å². The molecule has 4 aromatic rings. The van der Waals surface area contributed by atoms with Crippen molar-refractivity contribution in [2.24, 2.45) is 0 Å². The highest BCUT2D eigenvalue weighted by atomic mass is 32.1. The summed E-state index contributed by atoms with van der Waals surface area (Å²) in [6.07, 6.45) is 1.95. The van der Waals surface area contributed by atoms with Crippen molar-refractivity contribution in [3.05, 3.63) is 53.7 Å². The van der Waals surface area contributed by atoms with Crippen molar-refractivity contribution in [3.63, 3.8) is 0 Å². The maximum atomic E-state index is 13.1. The van der Waals surface area contributed by atoms with E-state index in [0.717, 1.165) is 52.4 Å². The summed E-state index contributed by atoms with van der Waals surface area (Å²) in [4.78, 5) is 7.72. The maximum Gasteiger partial charge on any atom is 0.214 e. The van der Waals surface area contributed by atoms with Crippen LogP contribution in [0.1, 0.15) is 11.4 Å². The van der Waals surface area contributed by atoms with E-state index in [0.29, 0.717) is 6.61 Å². The predicted octanol–water partition coefficient (Wildman–Crippen LogP) is 3.32. The van der Waals surface area contributed by atoms with Gasteiger partial charge in [-0.3, -0.25) is 4.68 Å². The Morgan fingerprint density at radius 3 is 2.76 bits per heavy atom. The van der Waals surface area contributed by atoms with E-state index < -0.39 is 0 Å². The second-order valence-corrected chi connectivity index (χ2v) is 8.23. The van der Waals surface area contributed by atoms with Crippen LogP contribution >= 0.6 is 11.3 Å². The fourth-order valence-electron chi connectivity index (χ4n) is 3.63. The molecule has 0 saturated carbocycles. The third-order valence-corrected chi connectivity index (χ3v) is 6.05. The van der Waals surface area contributed by atoms with Crippen molar-refractivity contribution in [2.45, 2.75) is 26.5 Å². The van der Waals surface area contributed by atoms with Gasteiger partial charge in [-0.15, -0.1) is 5.10 Å². The number of fused-ring (bicyclic) bond motifs is 1. The summed E-state index contributed by atoms with van der Waals surface area (Å²) in [5, 5.41) is 10.2. The number of hydrogen-bond donors (Lipinski definition) is 0. The molecule has 0 aliphatic carbocycles. The van der Waals surface area contributed by atoms with Crippen LogP contribution in [-0.2, 0) is 11.3 Å². The molecule has 1 saturated heterocycles. The molecule has 1 aliphatic heterocycles. The number of aromatic nitrogens is 5. The Morgan fingerprint density at radius 1 is 1.21 bits per heavy atom. The normalized spacial score (nSPS) is 17.3. The van der Waals surface area contributed by atoms with Crippen molar-refractivity contribution in [1.82, 2.24) is 24.4 Å². The average molecular weight is 412 g/mol. The number of ether oxygens (including phenoxy) is 1. The van der Waals surface area contributed by atoms with Crippen molar-refractivity contribution < 1.29 is 9.13 Å². The Morgan fingerprint density at radius 2 is 2.03 bits per heavy atom. The number of aryl methyl sites for hydroxylation is 2. The highest BCUT2D eigenvalue weighted by Gasteiger charge is 2.25. The van der Waals surface area contributed by atoms with Gasteiger partial charge in [0.1, 0.15) is 5.82 Å². The number of rotatable bonds is 4. The second-order valence-electron chi connectivity index (χ2n) is 7.29. The number of imidazole rings is 1. The van der Waals surface area contributed by atoms with E-state index in [1.54, 1.807) is 28.0 Å². The zero-order chi connectivity index (χ0) is 20.0. The van der Waals surface area contributed by atoms with Crippen LogP contribution in [-0.4, -0.2) is 50.2 Å². The lowest BCUT2D eigenvalue weighted by Crippen LogP contribution is -2.44. The molecule has 1 atom stereocenters. The van der Waals surface area contributed by atoms with E-state index in [1.807, 2.05) is 17.8 Å². The van der Waals surface area contributed by atoms with E-state index in [4.69, 9.17) is 9.84 Å². The van der Waals surface area contributed by atoms with Crippen LogP contribution < -0.4 is 4.90 Å². The maximum absolute atomic E-state index is 13.1. The summed E-state index contributed by atoms with van der Waals surface area (Å²) >= 11 is 1.55. The Bertz CT molecular complexity index is 1120. The van der Waals surface area contributed by atoms with Gasteiger partial charge < -0.3 is 9.64 Å². The number of morpholine rings is 1. The number of halogens is 1. The van der Waals surface area contributed by atoms with Gasteiger partial charge in [0.2, 0.25) is 10.1 Å². The minimum absolute atomic E-state index is 0.0627. The topological polar surface area (TPSA) is 60.5 Å². The minimum Gasteiger partial charge on any atom is -0.373 e. The van der Waals surface area contributed by atoms with Gasteiger partial charge in [0.05, 0.1) is 36.8 Å². The molecule has 0 radical (unpaired) electrons. The fraction of sp³-hybridized carbons (Fsp3) is 0.350. The lowest BCUT2D eigenvalue weighted by molar-refractivity contribution is 0.0269. The molecule has 0 amide bonds. The Balaban J connectivity index is 1.32. The van der Waals surface area contributed by atoms with Crippen LogP contribution in [0.25, 0.3) is 16.2 Å². The number of nitrogens with zero attached hydrogens (tertiary/aromatic N) is 6. The third-order valence-electron chi connectivity index (χ3n) is 5.06. The molecular weight excluding hydrogens is 391 g/mol. The van der Waals surface area contributed by atoms with Crippen molar-refractivity contribution in [2.75, 3.05) is 24.6 Å². The Kier molecular flexibility index (Phi) is 4.56. The van der Waals surface area contributed by atoms with Gasteiger partial charge in [-0.2, -0.15) is 5.10 Å². The van der Waals surface area contributed by atoms with Crippen molar-refractivity contribution >= 4 is 21.4 Å². The summed E-state index contributed by atoms with van der Waals surface area (Å²) in [7, 11) is 0. The Labute approximate surface area is 171 Å². The molecule has 29 heavy (non-hydrogen) atoms. The fourth-order valence-corrected chi connectivity index (χ4v) is 4.55. The summed E-state index contributed by atoms with van der Waals surface area (Å²) in [6.45, 7) is 7.02. The van der Waals surface area contributed by atoms with Crippen LogP contribution in [0, 0.1) is 19.7 Å². The van der Waals surface area contributed by atoms with Crippen LogP contribution in [0.15, 0.2) is 36.5 Å². The molecule has 7 nitrogen and oxygen atoms in total. The first kappa shape index (κ1) is 18.3. The van der Waals surface area contributed by atoms with Gasteiger partial charge in [0.25, 0.3) is 0 Å². The first-order chi connectivity index (χ1) is 14.0. The summed E-state index contributed by atoms with van der Waals surface area (Å²) in [5.74, 6) is -0.252. The third kappa shape index (κ3) is 3.63. The summed E-state index contributed by atoms with van der Waals surface area (Å²) in [5.41, 5.74) is 3.83. The lowest BCUT2D eigenvalue weighted by Gasteiger charge is -2.32. The molecule has 150 valence electrons. The monoisotopic (exact) mass is 412 g/mol. The van der Waals surface area contributed by atoms with E-state index in [-0.39, 0.29) is 11.9 Å². The van der Waals surface area contributed by atoms with Crippen LogP contribution in [0.5, 0.6) is 0 Å². The molecular formula is C20H21FN6OS. The largest absolute Gasteiger partial charge is 0.373 e. The second kappa shape index (κ2) is 7.23. The lowest BCUT2D eigenvalue weighted by atomic mass is 10.2. The SMILES string of the molecule is Cc1cc(C)n(CC2CN(c3nn4cc(-c5ccc(F)cc5)nc4s3)CCO2)n1. The smallest absolute Gasteiger partial charge is 0.214 e. The molecule has 1 fully saturated rings. The molecule has 9 heteroatoms. The highest BCUT2D eigenvalue weighted by Crippen LogP contribution is 2.28. The first-order valence-electron chi connectivity index (χ1n) is 9.55. The van der Waals surface area contributed by atoms with Crippen molar-refractivity contribution in [3.8, 4) is 11.3 Å². The number of hydrogen-bond acceptors (Lipinski definition) is 6. The molecule has 0 spiro atoms. The molecule has 3 aromatic heterocycles. The van der Waals surface area contributed by atoms with Gasteiger partial charge in [-0.1, -0.05) is 11.3 Å². The average Bonchev–Trinajstić information content (AvgIpc) is 3.36. The predicted molar refractivity (Wildman–Crippen MR) is 110 cm³/mol. The van der Waals surface area contributed by atoms with E-state index >= 15 is 0 Å². The molecule has 5 rings (SSSR count). The zero-order valence-corrected chi connectivity index (χ0v) is 17.1. The molecule has 0 bridgehead atoms. The number of benzene rings is 1. The molecule has 1 aromatic carbocycles.